The zero-order valence-electron chi connectivity index (χ0n) is 16.8. The first kappa shape index (κ1) is 22.6. The first-order valence-electron chi connectivity index (χ1n) is 9.22. The summed E-state index contributed by atoms with van der Waals surface area (Å²) in [4.78, 5) is 27.9. The summed E-state index contributed by atoms with van der Waals surface area (Å²) in [6.45, 7) is 0. The van der Waals surface area contributed by atoms with E-state index in [1.165, 1.54) is 32.7 Å². The number of methoxy groups -OCH3 is 2. The summed E-state index contributed by atoms with van der Waals surface area (Å²) in [5.74, 6) is 0.427. The predicted molar refractivity (Wildman–Crippen MR) is 117 cm³/mol. The average molecular weight is 460 g/mol. The summed E-state index contributed by atoms with van der Waals surface area (Å²) in [5.41, 5.74) is 1.87. The second-order valence-electron chi connectivity index (χ2n) is 6.54. The molecule has 0 bridgehead atoms. The molecule has 1 heterocycles. The molecule has 0 spiro atoms. The van der Waals surface area contributed by atoms with Gasteiger partial charge in [0.25, 0.3) is 0 Å². The molecule has 0 aliphatic carbocycles. The predicted octanol–water partition coefficient (Wildman–Crippen LogP) is 5.36. The molecule has 8 heteroatoms. The first-order valence-corrected chi connectivity index (χ1v) is 9.98. The molecule has 0 amide bonds. The molecule has 160 valence electrons. The Labute approximate surface area is 189 Å². The van der Waals surface area contributed by atoms with Crippen LogP contribution in [0, 0.1) is 0 Å². The van der Waals surface area contributed by atoms with E-state index < -0.39 is 12.1 Å². The Balaban J connectivity index is 1.99. The number of carbonyl (C=O) groups is 2. The summed E-state index contributed by atoms with van der Waals surface area (Å²) in [7, 11) is 3.05. The van der Waals surface area contributed by atoms with Gasteiger partial charge in [0.2, 0.25) is 0 Å². The van der Waals surface area contributed by atoms with Crippen LogP contribution in [0.2, 0.25) is 10.0 Å². The second-order valence-corrected chi connectivity index (χ2v) is 7.35. The molecule has 1 aromatic heterocycles. The summed E-state index contributed by atoms with van der Waals surface area (Å²) in [6, 6.07) is 11.5. The molecule has 0 N–H and O–H groups in total. The molecule has 0 aliphatic rings. The van der Waals surface area contributed by atoms with E-state index in [0.717, 1.165) is 0 Å². The summed E-state index contributed by atoms with van der Waals surface area (Å²) in [5, 5.41) is 0.717. The van der Waals surface area contributed by atoms with Gasteiger partial charge in [-0.1, -0.05) is 41.4 Å². The van der Waals surface area contributed by atoms with Crippen LogP contribution >= 0.6 is 23.2 Å². The Hall–Kier alpha value is -3.09. The van der Waals surface area contributed by atoms with Crippen LogP contribution < -0.4 is 9.47 Å². The molecule has 1 unspecified atom stereocenters. The van der Waals surface area contributed by atoms with Crippen LogP contribution in [0.25, 0.3) is 0 Å². The number of ether oxygens (including phenoxy) is 3. The minimum atomic E-state index is -0.746. The van der Waals surface area contributed by atoms with Gasteiger partial charge in [0, 0.05) is 24.4 Å². The minimum Gasteiger partial charge on any atom is -0.493 e. The highest BCUT2D eigenvalue weighted by molar-refractivity contribution is 6.35. The van der Waals surface area contributed by atoms with Gasteiger partial charge in [-0.25, -0.2) is 4.79 Å². The fourth-order valence-electron chi connectivity index (χ4n) is 3.04. The minimum absolute atomic E-state index is 0.203. The number of pyridine rings is 1. The van der Waals surface area contributed by atoms with Crippen molar-refractivity contribution in [2.45, 2.75) is 12.5 Å². The van der Waals surface area contributed by atoms with Crippen molar-refractivity contribution >= 4 is 35.5 Å². The summed E-state index contributed by atoms with van der Waals surface area (Å²) < 4.78 is 16.5. The largest absolute Gasteiger partial charge is 0.493 e. The molecule has 2 aromatic carbocycles. The molecule has 0 radical (unpaired) electrons. The van der Waals surface area contributed by atoms with Crippen LogP contribution in [0.4, 0.5) is 0 Å². The number of carbonyl (C=O) groups excluding carboxylic acids is 2. The number of halogens is 2. The van der Waals surface area contributed by atoms with Gasteiger partial charge in [-0.3, -0.25) is 9.78 Å². The molecule has 31 heavy (non-hydrogen) atoms. The van der Waals surface area contributed by atoms with Crippen LogP contribution in [0.3, 0.4) is 0 Å². The fraction of sp³-hybridized carbons (Fsp3) is 0.174. The van der Waals surface area contributed by atoms with Crippen molar-refractivity contribution in [2.75, 3.05) is 14.2 Å². The third-order valence-corrected chi connectivity index (χ3v) is 5.28. The maximum atomic E-state index is 12.9. The van der Waals surface area contributed by atoms with Crippen molar-refractivity contribution in [3.63, 3.8) is 0 Å². The maximum Gasteiger partial charge on any atom is 0.338 e. The molecule has 3 rings (SSSR count). The van der Waals surface area contributed by atoms with Gasteiger partial charge >= 0.3 is 5.97 Å². The van der Waals surface area contributed by atoms with Gasteiger partial charge in [-0.05, 0) is 35.4 Å². The van der Waals surface area contributed by atoms with E-state index in [4.69, 9.17) is 37.4 Å². The summed E-state index contributed by atoms with van der Waals surface area (Å²) in [6.07, 6.45) is 3.08. The van der Waals surface area contributed by atoms with Crippen LogP contribution in [-0.2, 0) is 11.2 Å². The monoisotopic (exact) mass is 459 g/mol. The lowest BCUT2D eigenvalue weighted by Gasteiger charge is -2.21. The number of nitrogens with zero attached hydrogens (tertiary/aromatic N) is 1. The quantitative estimate of drug-likeness (QED) is 0.333. The van der Waals surface area contributed by atoms with Crippen molar-refractivity contribution in [2.24, 2.45) is 0 Å². The zero-order valence-corrected chi connectivity index (χ0v) is 18.3. The van der Waals surface area contributed by atoms with E-state index in [0.29, 0.717) is 44.5 Å². The van der Waals surface area contributed by atoms with Gasteiger partial charge in [-0.15, -0.1) is 0 Å². The Bertz CT molecular complexity index is 1080. The Morgan fingerprint density at radius 3 is 2.39 bits per heavy atom. The van der Waals surface area contributed by atoms with Gasteiger partial charge < -0.3 is 14.2 Å². The second kappa shape index (κ2) is 10.3. The van der Waals surface area contributed by atoms with Gasteiger partial charge in [0.05, 0.1) is 29.8 Å². The van der Waals surface area contributed by atoms with Crippen LogP contribution in [-0.4, -0.2) is 31.5 Å². The molecule has 0 saturated heterocycles. The topological polar surface area (TPSA) is 74.7 Å². The molecule has 0 aliphatic heterocycles. The van der Waals surface area contributed by atoms with Crippen molar-refractivity contribution in [1.29, 1.82) is 0 Å². The van der Waals surface area contributed by atoms with Crippen LogP contribution in [0.1, 0.15) is 37.9 Å². The van der Waals surface area contributed by atoms with Gasteiger partial charge in [-0.2, -0.15) is 0 Å². The van der Waals surface area contributed by atoms with E-state index in [9.17, 15) is 9.59 Å². The van der Waals surface area contributed by atoms with Gasteiger partial charge in [0.15, 0.2) is 11.5 Å². The van der Waals surface area contributed by atoms with E-state index >= 15 is 0 Å². The first-order chi connectivity index (χ1) is 15.0. The van der Waals surface area contributed by atoms with E-state index in [1.54, 1.807) is 36.4 Å². The van der Waals surface area contributed by atoms with E-state index in [1.807, 2.05) is 0 Å². The SMILES string of the molecule is COc1ccc(C(Cc2c(Cl)cncc2Cl)OC(=O)c2cccc(C=O)c2)cc1OC. The number of benzene rings is 2. The molecule has 1 atom stereocenters. The zero-order chi connectivity index (χ0) is 22.4. The number of aromatic nitrogens is 1. The lowest BCUT2D eigenvalue weighted by Crippen LogP contribution is -2.15. The third-order valence-electron chi connectivity index (χ3n) is 4.63. The van der Waals surface area contributed by atoms with Gasteiger partial charge in [0.1, 0.15) is 12.4 Å². The lowest BCUT2D eigenvalue weighted by atomic mass is 10.0. The normalized spacial score (nSPS) is 11.5. The number of hydrogen-bond acceptors (Lipinski definition) is 6. The number of hydrogen-bond donors (Lipinski definition) is 0. The highest BCUT2D eigenvalue weighted by Gasteiger charge is 2.23. The van der Waals surface area contributed by atoms with Crippen LogP contribution in [0.15, 0.2) is 54.9 Å². The number of esters is 1. The average Bonchev–Trinajstić information content (AvgIpc) is 2.80. The standard InChI is InChI=1S/C23H19Cl2NO5/c1-29-20-7-6-15(9-22(20)30-2)21(10-17-18(24)11-26-12-19(17)25)31-23(28)16-5-3-4-14(8-16)13-27/h3-9,11-13,21H,10H2,1-2H3. The van der Waals surface area contributed by atoms with Crippen molar-refractivity contribution in [3.05, 3.63) is 87.2 Å². The highest BCUT2D eigenvalue weighted by atomic mass is 35.5. The third kappa shape index (κ3) is 5.34. The molecule has 0 saturated carbocycles. The summed E-state index contributed by atoms with van der Waals surface area (Å²) >= 11 is 12.6. The molecule has 6 nitrogen and oxygen atoms in total. The fourth-order valence-corrected chi connectivity index (χ4v) is 3.55. The Morgan fingerprint density at radius 2 is 1.74 bits per heavy atom. The molecular formula is C23H19Cl2NO5. The smallest absolute Gasteiger partial charge is 0.338 e. The van der Waals surface area contributed by atoms with E-state index in [2.05, 4.69) is 4.98 Å². The number of rotatable bonds is 8. The maximum absolute atomic E-state index is 12.9. The van der Waals surface area contributed by atoms with Crippen LogP contribution in [0.5, 0.6) is 11.5 Å². The Kier molecular flexibility index (Phi) is 7.50. The number of aldehydes is 1. The lowest BCUT2D eigenvalue weighted by molar-refractivity contribution is 0.0297. The van der Waals surface area contributed by atoms with Crippen molar-refractivity contribution < 1.29 is 23.8 Å². The van der Waals surface area contributed by atoms with E-state index in [-0.39, 0.29) is 12.0 Å². The molecule has 0 fully saturated rings. The Morgan fingerprint density at radius 1 is 1.03 bits per heavy atom. The highest BCUT2D eigenvalue weighted by Crippen LogP contribution is 2.35. The molecular weight excluding hydrogens is 441 g/mol. The van der Waals surface area contributed by atoms with Crippen molar-refractivity contribution in [1.82, 2.24) is 4.98 Å². The van der Waals surface area contributed by atoms with Crippen molar-refractivity contribution in [3.8, 4) is 11.5 Å². The molecule has 3 aromatic rings.